The van der Waals surface area contributed by atoms with Crippen LogP contribution in [-0.2, 0) is 0 Å². The van der Waals surface area contributed by atoms with Gasteiger partial charge in [0.15, 0.2) is 0 Å². The van der Waals surface area contributed by atoms with Crippen LogP contribution in [0.3, 0.4) is 0 Å². The van der Waals surface area contributed by atoms with E-state index in [0.717, 1.165) is 91.6 Å². The van der Waals surface area contributed by atoms with Crippen LogP contribution in [0, 0.1) is 0 Å². The first-order valence-electron chi connectivity index (χ1n) is 12.7. The smallest absolute Gasteiger partial charge is 0.0107 e. The monoisotopic (exact) mass is 426 g/mol. The molecule has 2 saturated heterocycles. The fourth-order valence-electron chi connectivity index (χ4n) is 4.11. The van der Waals surface area contributed by atoms with Gasteiger partial charge in [-0.15, -0.1) is 0 Å². The number of nitrogens with one attached hydrogen (secondary N) is 7. The van der Waals surface area contributed by atoms with Crippen molar-refractivity contribution in [2.45, 2.75) is 38.1 Å². The van der Waals surface area contributed by atoms with Gasteiger partial charge in [0.05, 0.1) is 0 Å². The topological polar surface area (TPSA) is 87.5 Å². The summed E-state index contributed by atoms with van der Waals surface area (Å²) in [5, 5.41) is 25.2. The van der Waals surface area contributed by atoms with Gasteiger partial charge in [-0.25, -0.2) is 0 Å². The summed E-state index contributed by atoms with van der Waals surface area (Å²) in [6.07, 6.45) is 6.09. The molecule has 0 amide bonds. The van der Waals surface area contributed by atoms with E-state index in [2.05, 4.69) is 42.1 Å². The fourth-order valence-corrected chi connectivity index (χ4v) is 4.11. The average Bonchev–Trinajstić information content (AvgIpc) is 2.76. The molecule has 0 aromatic rings. The number of hydrogen-bond donors (Lipinski definition) is 7. The van der Waals surface area contributed by atoms with Crippen molar-refractivity contribution in [2.24, 2.45) is 0 Å². The molecule has 178 valence electrons. The van der Waals surface area contributed by atoms with Crippen molar-refractivity contribution in [3.63, 3.8) is 0 Å². The largest absolute Gasteiger partial charge is 0.315 e. The van der Waals surface area contributed by atoms with Crippen LogP contribution in [0.1, 0.15) is 32.1 Å². The Morgan fingerprint density at radius 3 is 1.70 bits per heavy atom. The van der Waals surface area contributed by atoms with E-state index in [0.29, 0.717) is 6.04 Å². The summed E-state index contributed by atoms with van der Waals surface area (Å²) in [7, 11) is 0. The molecule has 1 atom stereocenters. The molecule has 2 aliphatic heterocycles. The summed E-state index contributed by atoms with van der Waals surface area (Å²) in [5.41, 5.74) is 0. The molecule has 8 nitrogen and oxygen atoms in total. The van der Waals surface area contributed by atoms with Crippen LogP contribution in [0.15, 0.2) is 0 Å². The lowest BCUT2D eigenvalue weighted by atomic mass is 10.1. The minimum atomic E-state index is 0.598. The molecule has 0 aromatic carbocycles. The zero-order chi connectivity index (χ0) is 21.0. The van der Waals surface area contributed by atoms with E-state index in [4.69, 9.17) is 0 Å². The summed E-state index contributed by atoms with van der Waals surface area (Å²) < 4.78 is 0. The molecular formula is C22H50N8. The quantitative estimate of drug-likeness (QED) is 0.302. The Balaban J connectivity index is 1.71. The van der Waals surface area contributed by atoms with Crippen molar-refractivity contribution >= 4 is 0 Å². The third-order valence-corrected chi connectivity index (χ3v) is 6.00. The molecule has 30 heavy (non-hydrogen) atoms. The first-order chi connectivity index (χ1) is 14.9. The summed E-state index contributed by atoms with van der Waals surface area (Å²) in [6, 6.07) is 0.598. The van der Waals surface area contributed by atoms with E-state index in [1.165, 1.54) is 45.2 Å². The van der Waals surface area contributed by atoms with Crippen molar-refractivity contribution in [1.29, 1.82) is 0 Å². The first-order valence-corrected chi connectivity index (χ1v) is 12.7. The van der Waals surface area contributed by atoms with Gasteiger partial charge < -0.3 is 42.1 Å². The van der Waals surface area contributed by atoms with Crippen molar-refractivity contribution < 1.29 is 0 Å². The van der Waals surface area contributed by atoms with Gasteiger partial charge in [0.2, 0.25) is 0 Å². The second-order valence-electron chi connectivity index (χ2n) is 8.63. The molecule has 2 heterocycles. The van der Waals surface area contributed by atoms with Crippen LogP contribution in [0.4, 0.5) is 0 Å². The number of hydrogen-bond acceptors (Lipinski definition) is 8. The van der Waals surface area contributed by atoms with Gasteiger partial charge in [-0.3, -0.25) is 0 Å². The maximum Gasteiger partial charge on any atom is 0.0107 e. The second-order valence-corrected chi connectivity index (χ2v) is 8.63. The Kier molecular flexibility index (Phi) is 16.7. The highest BCUT2D eigenvalue weighted by Crippen LogP contribution is 2.02. The molecule has 2 fully saturated rings. The van der Waals surface area contributed by atoms with E-state index < -0.39 is 0 Å². The van der Waals surface area contributed by atoms with Crippen LogP contribution < -0.4 is 37.2 Å². The lowest BCUT2D eigenvalue weighted by Crippen LogP contribution is -2.42. The summed E-state index contributed by atoms with van der Waals surface area (Å²) in [6.45, 7) is 17.8. The predicted molar refractivity (Wildman–Crippen MR) is 129 cm³/mol. The Hall–Kier alpha value is -0.320. The minimum Gasteiger partial charge on any atom is -0.315 e. The van der Waals surface area contributed by atoms with E-state index in [-0.39, 0.29) is 0 Å². The van der Waals surface area contributed by atoms with Crippen LogP contribution in [0.25, 0.3) is 0 Å². The maximum atomic E-state index is 3.82. The molecule has 0 aliphatic carbocycles. The summed E-state index contributed by atoms with van der Waals surface area (Å²) in [5.74, 6) is 0. The molecule has 1 unspecified atom stereocenters. The Morgan fingerprint density at radius 1 is 0.500 bits per heavy atom. The van der Waals surface area contributed by atoms with Gasteiger partial charge in [0.25, 0.3) is 0 Å². The summed E-state index contributed by atoms with van der Waals surface area (Å²) >= 11 is 0. The van der Waals surface area contributed by atoms with Gasteiger partial charge in [-0.1, -0.05) is 0 Å². The lowest BCUT2D eigenvalue weighted by molar-refractivity contribution is 0.248. The fraction of sp³-hybridized carbons (Fsp3) is 1.00. The number of nitrogens with zero attached hydrogens (tertiary/aromatic N) is 1. The standard InChI is InChI=1S/C22H50N8/c1-6-24-14-15-28-11-4-22(29-17-16-25-8-1)5-20-30-19-3-10-26-13-12-23-7-2-9-27-18-21-30/h22-29H,1-21H2. The van der Waals surface area contributed by atoms with Crippen molar-refractivity contribution in [3.8, 4) is 0 Å². The molecular weight excluding hydrogens is 376 g/mol. The zero-order valence-corrected chi connectivity index (χ0v) is 19.4. The van der Waals surface area contributed by atoms with Gasteiger partial charge in [0, 0.05) is 58.4 Å². The second kappa shape index (κ2) is 19.4. The first kappa shape index (κ1) is 25.9. The van der Waals surface area contributed by atoms with Crippen LogP contribution >= 0.6 is 0 Å². The highest BCUT2D eigenvalue weighted by Gasteiger charge is 2.12. The van der Waals surface area contributed by atoms with E-state index in [1.807, 2.05) is 0 Å². The zero-order valence-electron chi connectivity index (χ0n) is 19.4. The Morgan fingerprint density at radius 2 is 1.03 bits per heavy atom. The maximum absolute atomic E-state index is 3.82. The van der Waals surface area contributed by atoms with E-state index in [1.54, 1.807) is 0 Å². The molecule has 0 spiro atoms. The highest BCUT2D eigenvalue weighted by molar-refractivity contribution is 4.73. The molecule has 0 saturated carbocycles. The summed E-state index contributed by atoms with van der Waals surface area (Å²) in [4.78, 5) is 2.67. The SMILES string of the molecule is C1CNCCNCCC(CCN2CCCNCCNCCCNCC2)NCCNC1. The molecule has 2 rings (SSSR count). The van der Waals surface area contributed by atoms with Gasteiger partial charge >= 0.3 is 0 Å². The Bertz CT molecular complexity index is 309. The minimum absolute atomic E-state index is 0.598. The molecule has 0 radical (unpaired) electrons. The average molecular weight is 427 g/mol. The molecule has 0 bridgehead atoms. The Labute approximate surface area is 185 Å². The van der Waals surface area contributed by atoms with Gasteiger partial charge in [0.1, 0.15) is 0 Å². The highest BCUT2D eigenvalue weighted by atomic mass is 15.1. The lowest BCUT2D eigenvalue weighted by Gasteiger charge is -2.27. The third-order valence-electron chi connectivity index (χ3n) is 6.00. The molecule has 7 N–H and O–H groups in total. The molecule has 0 aromatic heterocycles. The van der Waals surface area contributed by atoms with Gasteiger partial charge in [-0.2, -0.15) is 0 Å². The predicted octanol–water partition coefficient (Wildman–Crippen LogP) is -1.24. The molecule has 8 heteroatoms. The third kappa shape index (κ3) is 14.6. The molecule has 2 aliphatic rings. The van der Waals surface area contributed by atoms with Crippen molar-refractivity contribution in [1.82, 2.24) is 42.1 Å². The van der Waals surface area contributed by atoms with Crippen LogP contribution in [0.5, 0.6) is 0 Å². The van der Waals surface area contributed by atoms with Crippen molar-refractivity contribution in [3.05, 3.63) is 0 Å². The van der Waals surface area contributed by atoms with E-state index in [9.17, 15) is 0 Å². The van der Waals surface area contributed by atoms with Gasteiger partial charge in [-0.05, 0) is 84.5 Å². The van der Waals surface area contributed by atoms with Crippen molar-refractivity contribution in [2.75, 3.05) is 105 Å². The van der Waals surface area contributed by atoms with E-state index >= 15 is 0 Å². The normalized spacial score (nSPS) is 27.0. The van der Waals surface area contributed by atoms with Crippen LogP contribution in [-0.4, -0.2) is 116 Å². The number of rotatable bonds is 3. The van der Waals surface area contributed by atoms with Crippen LogP contribution in [0.2, 0.25) is 0 Å².